The molecular weight excluding hydrogens is 393 g/mol. The van der Waals surface area contributed by atoms with E-state index in [-0.39, 0.29) is 17.5 Å². The van der Waals surface area contributed by atoms with Crippen molar-refractivity contribution >= 4 is 28.2 Å². The minimum Gasteiger partial charge on any atom is -0.370 e. The van der Waals surface area contributed by atoms with Gasteiger partial charge in [0.15, 0.2) is 0 Å². The van der Waals surface area contributed by atoms with Crippen LogP contribution in [-0.2, 0) is 4.79 Å². The van der Waals surface area contributed by atoms with Gasteiger partial charge in [0.05, 0.1) is 22.5 Å². The predicted molar refractivity (Wildman–Crippen MR) is 106 cm³/mol. The zero-order valence-electron chi connectivity index (χ0n) is 15.8. The summed E-state index contributed by atoms with van der Waals surface area (Å²) in [5.41, 5.74) is 1.31. The number of rotatable bonds is 3. The first-order chi connectivity index (χ1) is 14.5. The zero-order chi connectivity index (χ0) is 21.3. The summed E-state index contributed by atoms with van der Waals surface area (Å²) in [5.74, 6) is -2.54. The van der Waals surface area contributed by atoms with Crippen LogP contribution in [0, 0.1) is 34.7 Å². The number of amides is 1. The molecule has 0 bridgehead atoms. The molecule has 1 aliphatic rings. The molecule has 4 rings (SSSR count). The van der Waals surface area contributed by atoms with Crippen molar-refractivity contribution in [2.45, 2.75) is 12.8 Å². The molecule has 1 aliphatic heterocycles. The van der Waals surface area contributed by atoms with E-state index in [1.807, 2.05) is 4.90 Å². The molecule has 8 heteroatoms. The molecule has 0 atom stereocenters. The molecule has 5 nitrogen and oxygen atoms in total. The van der Waals surface area contributed by atoms with E-state index in [0.717, 1.165) is 18.2 Å². The molecule has 0 unspecified atom stereocenters. The number of hydrogen-bond donors (Lipinski definition) is 1. The Morgan fingerprint density at radius 2 is 1.80 bits per heavy atom. The standard InChI is InChI=1S/C22H17F3N4O/c23-15-2-4-19-17(9-15)21(14(11-26)12-27-19)29-7-5-13(6-8-29)22(30)28-20-10-16(24)1-3-18(20)25/h1-4,9-10,12-13H,5-8H2,(H,28,30). The molecule has 1 amide bonds. The van der Waals surface area contributed by atoms with Crippen molar-refractivity contribution in [3.05, 3.63) is 65.6 Å². The fourth-order valence-corrected chi connectivity index (χ4v) is 3.77. The van der Waals surface area contributed by atoms with E-state index in [9.17, 15) is 23.2 Å². The van der Waals surface area contributed by atoms with Gasteiger partial charge in [0, 0.05) is 36.7 Å². The minimum absolute atomic E-state index is 0.190. The normalized spacial score (nSPS) is 14.5. The van der Waals surface area contributed by atoms with Crippen LogP contribution < -0.4 is 10.2 Å². The highest BCUT2D eigenvalue weighted by atomic mass is 19.1. The number of hydrogen-bond acceptors (Lipinski definition) is 4. The smallest absolute Gasteiger partial charge is 0.227 e. The third-order valence-corrected chi connectivity index (χ3v) is 5.29. The summed E-state index contributed by atoms with van der Waals surface area (Å²) in [5, 5.41) is 12.5. The molecule has 2 aromatic carbocycles. The highest BCUT2D eigenvalue weighted by Gasteiger charge is 2.28. The number of aromatic nitrogens is 1. The van der Waals surface area contributed by atoms with Gasteiger partial charge in [-0.05, 0) is 43.2 Å². The molecular formula is C22H17F3N4O. The molecule has 3 aromatic rings. The van der Waals surface area contributed by atoms with Gasteiger partial charge in [-0.25, -0.2) is 13.2 Å². The van der Waals surface area contributed by atoms with Crippen LogP contribution in [0.2, 0.25) is 0 Å². The average molecular weight is 410 g/mol. The molecule has 152 valence electrons. The van der Waals surface area contributed by atoms with Crippen molar-refractivity contribution < 1.29 is 18.0 Å². The summed E-state index contributed by atoms with van der Waals surface area (Å²) in [4.78, 5) is 18.7. The first-order valence-electron chi connectivity index (χ1n) is 9.45. The molecule has 0 saturated carbocycles. The number of carbonyl (C=O) groups is 1. The lowest BCUT2D eigenvalue weighted by Gasteiger charge is -2.34. The highest BCUT2D eigenvalue weighted by Crippen LogP contribution is 2.33. The number of benzene rings is 2. The quantitative estimate of drug-likeness (QED) is 0.696. The maximum absolute atomic E-state index is 13.8. The van der Waals surface area contributed by atoms with Gasteiger partial charge < -0.3 is 10.2 Å². The Labute approximate surface area is 170 Å². The summed E-state index contributed by atoms with van der Waals surface area (Å²) in [7, 11) is 0. The van der Waals surface area contributed by atoms with Crippen molar-refractivity contribution in [1.82, 2.24) is 4.98 Å². The number of anilines is 2. The largest absolute Gasteiger partial charge is 0.370 e. The minimum atomic E-state index is -0.703. The average Bonchev–Trinajstić information content (AvgIpc) is 2.75. The van der Waals surface area contributed by atoms with Gasteiger partial charge in [0.1, 0.15) is 23.5 Å². The molecule has 2 heterocycles. The molecule has 0 spiro atoms. The zero-order valence-corrected chi connectivity index (χ0v) is 15.8. The Bertz CT molecular complexity index is 1170. The topological polar surface area (TPSA) is 69.0 Å². The van der Waals surface area contributed by atoms with Crippen LogP contribution in [0.4, 0.5) is 24.5 Å². The predicted octanol–water partition coefficient (Wildman–Crippen LogP) is 4.38. The van der Waals surface area contributed by atoms with Crippen molar-refractivity contribution in [1.29, 1.82) is 5.26 Å². The Morgan fingerprint density at radius 1 is 1.10 bits per heavy atom. The molecule has 1 aromatic heterocycles. The fourth-order valence-electron chi connectivity index (χ4n) is 3.77. The van der Waals surface area contributed by atoms with Gasteiger partial charge in [0.2, 0.25) is 5.91 Å². The van der Waals surface area contributed by atoms with Gasteiger partial charge in [-0.2, -0.15) is 5.26 Å². The van der Waals surface area contributed by atoms with E-state index < -0.39 is 17.5 Å². The molecule has 1 fully saturated rings. The van der Waals surface area contributed by atoms with Crippen molar-refractivity contribution in [3.63, 3.8) is 0 Å². The second kappa shape index (κ2) is 8.03. The first kappa shape index (κ1) is 19.7. The molecule has 0 radical (unpaired) electrons. The molecule has 30 heavy (non-hydrogen) atoms. The van der Waals surface area contributed by atoms with Crippen LogP contribution in [0.3, 0.4) is 0 Å². The van der Waals surface area contributed by atoms with Crippen LogP contribution in [-0.4, -0.2) is 24.0 Å². The molecule has 0 aliphatic carbocycles. The van der Waals surface area contributed by atoms with Gasteiger partial charge in [-0.3, -0.25) is 9.78 Å². The summed E-state index contributed by atoms with van der Waals surface area (Å²) >= 11 is 0. The lowest BCUT2D eigenvalue weighted by Crippen LogP contribution is -2.38. The maximum Gasteiger partial charge on any atom is 0.227 e. The number of nitrogens with one attached hydrogen (secondary N) is 1. The van der Waals surface area contributed by atoms with E-state index in [0.29, 0.717) is 48.1 Å². The van der Waals surface area contributed by atoms with Crippen LogP contribution in [0.5, 0.6) is 0 Å². The monoisotopic (exact) mass is 410 g/mol. The van der Waals surface area contributed by atoms with Crippen molar-refractivity contribution in [2.75, 3.05) is 23.3 Å². The van der Waals surface area contributed by atoms with E-state index in [2.05, 4.69) is 16.4 Å². The molecule has 1 saturated heterocycles. The van der Waals surface area contributed by atoms with Gasteiger partial charge in [0.25, 0.3) is 0 Å². The fraction of sp³-hybridized carbons (Fsp3) is 0.227. The van der Waals surface area contributed by atoms with E-state index in [4.69, 9.17) is 0 Å². The van der Waals surface area contributed by atoms with Gasteiger partial charge in [-0.1, -0.05) is 0 Å². The maximum atomic E-state index is 13.8. The number of halogens is 3. The highest BCUT2D eigenvalue weighted by molar-refractivity contribution is 5.95. The number of nitrogens with zero attached hydrogens (tertiary/aromatic N) is 3. The van der Waals surface area contributed by atoms with Crippen LogP contribution in [0.25, 0.3) is 10.9 Å². The summed E-state index contributed by atoms with van der Waals surface area (Å²) in [6.07, 6.45) is 2.36. The summed E-state index contributed by atoms with van der Waals surface area (Å²) in [6, 6.07) is 9.21. The molecule has 1 N–H and O–H groups in total. The number of pyridine rings is 1. The third kappa shape index (κ3) is 3.79. The van der Waals surface area contributed by atoms with Crippen LogP contribution in [0.15, 0.2) is 42.6 Å². The van der Waals surface area contributed by atoms with E-state index in [1.165, 1.54) is 18.3 Å². The van der Waals surface area contributed by atoms with Crippen molar-refractivity contribution in [2.24, 2.45) is 5.92 Å². The summed E-state index contributed by atoms with van der Waals surface area (Å²) < 4.78 is 40.9. The number of fused-ring (bicyclic) bond motifs is 1. The Hall–Kier alpha value is -3.60. The Kier molecular flexibility index (Phi) is 5.27. The summed E-state index contributed by atoms with van der Waals surface area (Å²) in [6.45, 7) is 0.905. The number of piperidine rings is 1. The first-order valence-corrected chi connectivity index (χ1v) is 9.45. The lowest BCUT2D eigenvalue weighted by molar-refractivity contribution is -0.120. The lowest BCUT2D eigenvalue weighted by atomic mass is 9.94. The third-order valence-electron chi connectivity index (χ3n) is 5.29. The van der Waals surface area contributed by atoms with E-state index in [1.54, 1.807) is 6.07 Å². The van der Waals surface area contributed by atoms with Gasteiger partial charge >= 0.3 is 0 Å². The Balaban J connectivity index is 1.52. The second-order valence-electron chi connectivity index (χ2n) is 7.17. The number of nitriles is 1. The number of carbonyl (C=O) groups excluding carboxylic acids is 1. The Morgan fingerprint density at radius 3 is 2.53 bits per heavy atom. The SMILES string of the molecule is N#Cc1cnc2ccc(F)cc2c1N1CCC(C(=O)Nc2cc(F)ccc2F)CC1. The van der Waals surface area contributed by atoms with Crippen LogP contribution in [0.1, 0.15) is 18.4 Å². The second-order valence-corrected chi connectivity index (χ2v) is 7.17. The van der Waals surface area contributed by atoms with Crippen molar-refractivity contribution in [3.8, 4) is 6.07 Å². The van der Waals surface area contributed by atoms with E-state index >= 15 is 0 Å². The van der Waals surface area contributed by atoms with Crippen LogP contribution >= 0.6 is 0 Å². The van der Waals surface area contributed by atoms with Gasteiger partial charge in [-0.15, -0.1) is 0 Å².